The maximum atomic E-state index is 11.5. The summed E-state index contributed by atoms with van der Waals surface area (Å²) in [6.07, 6.45) is 6.06. The standard InChI is InChI=1S/C9H10N2OS/c12-9(8-5-13-6-10-8)11-7-3-1-2-4-7/h1-2,5-7H,3-4H2,(H,11,12). The first-order chi connectivity index (χ1) is 6.36. The highest BCUT2D eigenvalue weighted by molar-refractivity contribution is 7.07. The van der Waals surface area contributed by atoms with Crippen LogP contribution >= 0.6 is 11.3 Å². The summed E-state index contributed by atoms with van der Waals surface area (Å²) in [4.78, 5) is 15.4. The lowest BCUT2D eigenvalue weighted by Gasteiger charge is -2.09. The van der Waals surface area contributed by atoms with Gasteiger partial charge in [0.05, 0.1) is 5.51 Å². The van der Waals surface area contributed by atoms with Crippen molar-refractivity contribution in [3.8, 4) is 0 Å². The van der Waals surface area contributed by atoms with Crippen molar-refractivity contribution in [1.29, 1.82) is 0 Å². The first kappa shape index (κ1) is 8.44. The van der Waals surface area contributed by atoms with E-state index in [0.717, 1.165) is 12.8 Å². The van der Waals surface area contributed by atoms with Crippen molar-refractivity contribution >= 4 is 17.2 Å². The van der Waals surface area contributed by atoms with E-state index in [1.807, 2.05) is 0 Å². The molecule has 0 aliphatic heterocycles. The smallest absolute Gasteiger partial charge is 0.270 e. The van der Waals surface area contributed by atoms with Gasteiger partial charge >= 0.3 is 0 Å². The van der Waals surface area contributed by atoms with Crippen LogP contribution in [-0.4, -0.2) is 16.9 Å². The monoisotopic (exact) mass is 194 g/mol. The highest BCUT2D eigenvalue weighted by atomic mass is 32.1. The fourth-order valence-corrected chi connectivity index (χ4v) is 1.85. The number of nitrogens with zero attached hydrogens (tertiary/aromatic N) is 1. The Labute approximate surface area is 80.5 Å². The fraction of sp³-hybridized carbons (Fsp3) is 0.333. The lowest BCUT2D eigenvalue weighted by molar-refractivity contribution is 0.0934. The molecule has 0 saturated heterocycles. The maximum absolute atomic E-state index is 11.5. The van der Waals surface area contributed by atoms with Crippen LogP contribution < -0.4 is 5.32 Å². The van der Waals surface area contributed by atoms with Crippen LogP contribution in [0.3, 0.4) is 0 Å². The van der Waals surface area contributed by atoms with Gasteiger partial charge in [-0.3, -0.25) is 4.79 Å². The number of rotatable bonds is 2. The number of thiazole rings is 1. The van der Waals surface area contributed by atoms with Crippen LogP contribution in [0, 0.1) is 0 Å². The van der Waals surface area contributed by atoms with Crippen LogP contribution in [0.4, 0.5) is 0 Å². The van der Waals surface area contributed by atoms with Gasteiger partial charge in [0, 0.05) is 11.4 Å². The Morgan fingerprint density at radius 3 is 2.92 bits per heavy atom. The molecular weight excluding hydrogens is 184 g/mol. The van der Waals surface area contributed by atoms with Gasteiger partial charge in [-0.25, -0.2) is 4.98 Å². The van der Waals surface area contributed by atoms with Crippen LogP contribution in [0.2, 0.25) is 0 Å². The molecule has 1 aromatic rings. The van der Waals surface area contributed by atoms with Crippen LogP contribution in [0.1, 0.15) is 23.3 Å². The van der Waals surface area contributed by atoms with Crippen LogP contribution in [0.25, 0.3) is 0 Å². The van der Waals surface area contributed by atoms with Gasteiger partial charge in [-0.2, -0.15) is 0 Å². The minimum Gasteiger partial charge on any atom is -0.347 e. The molecule has 0 saturated carbocycles. The predicted octanol–water partition coefficient (Wildman–Crippen LogP) is 1.59. The molecule has 4 heteroatoms. The van der Waals surface area contributed by atoms with Crippen molar-refractivity contribution in [2.75, 3.05) is 0 Å². The maximum Gasteiger partial charge on any atom is 0.270 e. The number of hydrogen-bond acceptors (Lipinski definition) is 3. The second kappa shape index (κ2) is 3.70. The van der Waals surface area contributed by atoms with E-state index in [9.17, 15) is 4.79 Å². The van der Waals surface area contributed by atoms with E-state index in [4.69, 9.17) is 0 Å². The highest BCUT2D eigenvalue weighted by Gasteiger charge is 2.15. The van der Waals surface area contributed by atoms with E-state index in [1.165, 1.54) is 11.3 Å². The third-order valence-corrected chi connectivity index (χ3v) is 2.59. The minimum absolute atomic E-state index is 0.0602. The number of nitrogens with one attached hydrogen (secondary N) is 1. The summed E-state index contributed by atoms with van der Waals surface area (Å²) in [7, 11) is 0. The second-order valence-corrected chi connectivity index (χ2v) is 3.71. The fourth-order valence-electron chi connectivity index (χ4n) is 1.32. The van der Waals surface area contributed by atoms with Crippen molar-refractivity contribution in [3.05, 3.63) is 28.7 Å². The van der Waals surface area contributed by atoms with Gasteiger partial charge in [-0.15, -0.1) is 11.3 Å². The normalized spacial score (nSPS) is 16.3. The summed E-state index contributed by atoms with van der Waals surface area (Å²) in [5.74, 6) is -0.0602. The van der Waals surface area contributed by atoms with Gasteiger partial charge in [0.1, 0.15) is 5.69 Å². The Bertz CT molecular complexity index is 310. The number of hydrogen-bond donors (Lipinski definition) is 1. The largest absolute Gasteiger partial charge is 0.347 e. The molecule has 13 heavy (non-hydrogen) atoms. The van der Waals surface area contributed by atoms with Crippen LogP contribution in [-0.2, 0) is 0 Å². The first-order valence-electron chi connectivity index (χ1n) is 4.20. The Hall–Kier alpha value is -1.16. The average Bonchev–Trinajstić information content (AvgIpc) is 2.74. The van der Waals surface area contributed by atoms with Gasteiger partial charge in [0.15, 0.2) is 0 Å². The molecule has 1 N–H and O–H groups in total. The molecule has 0 unspecified atom stereocenters. The van der Waals surface area contributed by atoms with E-state index in [2.05, 4.69) is 22.5 Å². The first-order valence-corrected chi connectivity index (χ1v) is 5.14. The van der Waals surface area contributed by atoms with Gasteiger partial charge in [0.2, 0.25) is 0 Å². The molecule has 1 heterocycles. The number of carbonyl (C=O) groups is 1. The molecule has 0 spiro atoms. The van der Waals surface area contributed by atoms with E-state index >= 15 is 0 Å². The lowest BCUT2D eigenvalue weighted by Crippen LogP contribution is -2.32. The average molecular weight is 194 g/mol. The predicted molar refractivity (Wildman–Crippen MR) is 51.7 cm³/mol. The minimum atomic E-state index is -0.0602. The summed E-state index contributed by atoms with van der Waals surface area (Å²) in [5, 5.41) is 4.69. The van der Waals surface area contributed by atoms with Crippen LogP contribution in [0.15, 0.2) is 23.0 Å². The highest BCUT2D eigenvalue weighted by Crippen LogP contribution is 2.10. The quantitative estimate of drug-likeness (QED) is 0.726. The van der Waals surface area contributed by atoms with Gasteiger partial charge in [0.25, 0.3) is 5.91 Å². The molecule has 68 valence electrons. The zero-order valence-corrected chi connectivity index (χ0v) is 7.88. The molecule has 1 aliphatic rings. The Balaban J connectivity index is 1.92. The van der Waals surface area contributed by atoms with Crippen LogP contribution in [0.5, 0.6) is 0 Å². The molecule has 0 atom stereocenters. The SMILES string of the molecule is O=C(NC1CC=CC1)c1cscn1. The van der Waals surface area contributed by atoms with Crippen molar-refractivity contribution in [1.82, 2.24) is 10.3 Å². The lowest BCUT2D eigenvalue weighted by atomic mass is 10.2. The third kappa shape index (κ3) is 1.95. The summed E-state index contributed by atoms with van der Waals surface area (Å²) < 4.78 is 0. The van der Waals surface area contributed by atoms with Gasteiger partial charge in [-0.05, 0) is 12.8 Å². The van der Waals surface area contributed by atoms with Crippen molar-refractivity contribution in [2.24, 2.45) is 0 Å². The van der Waals surface area contributed by atoms with Crippen molar-refractivity contribution < 1.29 is 4.79 Å². The summed E-state index contributed by atoms with van der Waals surface area (Å²) >= 11 is 1.44. The number of amides is 1. The van der Waals surface area contributed by atoms with Crippen molar-refractivity contribution in [3.63, 3.8) is 0 Å². The number of aromatic nitrogens is 1. The Morgan fingerprint density at radius 1 is 1.54 bits per heavy atom. The zero-order chi connectivity index (χ0) is 9.10. The molecule has 3 nitrogen and oxygen atoms in total. The second-order valence-electron chi connectivity index (χ2n) is 2.99. The molecular formula is C9H10N2OS. The molecule has 1 aromatic heterocycles. The molecule has 2 rings (SSSR count). The molecule has 0 fully saturated rings. The van der Waals surface area contributed by atoms with E-state index in [-0.39, 0.29) is 11.9 Å². The Morgan fingerprint density at radius 2 is 2.31 bits per heavy atom. The number of carbonyl (C=O) groups excluding carboxylic acids is 1. The molecule has 0 radical (unpaired) electrons. The zero-order valence-electron chi connectivity index (χ0n) is 7.06. The molecule has 0 bridgehead atoms. The topological polar surface area (TPSA) is 42.0 Å². The summed E-state index contributed by atoms with van der Waals surface area (Å²) in [5.41, 5.74) is 2.19. The van der Waals surface area contributed by atoms with E-state index in [1.54, 1.807) is 10.9 Å². The Kier molecular flexibility index (Phi) is 2.40. The molecule has 1 aliphatic carbocycles. The van der Waals surface area contributed by atoms with E-state index in [0.29, 0.717) is 5.69 Å². The third-order valence-electron chi connectivity index (χ3n) is 2.01. The van der Waals surface area contributed by atoms with Crippen molar-refractivity contribution in [2.45, 2.75) is 18.9 Å². The molecule has 0 aromatic carbocycles. The van der Waals surface area contributed by atoms with Gasteiger partial charge in [-0.1, -0.05) is 12.2 Å². The summed E-state index contributed by atoms with van der Waals surface area (Å²) in [6.45, 7) is 0. The summed E-state index contributed by atoms with van der Waals surface area (Å²) in [6, 6.07) is 0.272. The van der Waals surface area contributed by atoms with E-state index < -0.39 is 0 Å². The van der Waals surface area contributed by atoms with Gasteiger partial charge < -0.3 is 5.32 Å². The molecule has 1 amide bonds.